The Balaban J connectivity index is 2.03. The van der Waals surface area contributed by atoms with Crippen LogP contribution in [0.4, 0.5) is 0 Å². The highest BCUT2D eigenvalue weighted by Crippen LogP contribution is 2.29. The van der Waals surface area contributed by atoms with Crippen LogP contribution in [0.5, 0.6) is 0 Å². The van der Waals surface area contributed by atoms with Crippen LogP contribution in [0, 0.1) is 0 Å². The molecule has 12 heavy (non-hydrogen) atoms. The van der Waals surface area contributed by atoms with Crippen molar-refractivity contribution < 1.29 is 4.74 Å². The Morgan fingerprint density at radius 1 is 1.08 bits per heavy atom. The van der Waals surface area contributed by atoms with Gasteiger partial charge < -0.3 is 4.74 Å². The van der Waals surface area contributed by atoms with Gasteiger partial charge in [0.25, 0.3) is 0 Å². The first kappa shape index (κ1) is 8.52. The normalized spacial score (nSPS) is 37.2. The van der Waals surface area contributed by atoms with Gasteiger partial charge in [0.15, 0.2) is 0 Å². The summed E-state index contributed by atoms with van der Waals surface area (Å²) in [6.45, 7) is 9.15. The van der Waals surface area contributed by atoms with Gasteiger partial charge in [0.1, 0.15) is 0 Å². The van der Waals surface area contributed by atoms with E-state index < -0.39 is 0 Å². The van der Waals surface area contributed by atoms with Gasteiger partial charge in [0.05, 0.1) is 12.2 Å². The first-order valence-corrected chi connectivity index (χ1v) is 4.96. The third kappa shape index (κ3) is 1.50. The molecule has 0 spiro atoms. The topological polar surface area (TPSA) is 12.5 Å². The first-order chi connectivity index (χ1) is 5.55. The zero-order valence-electron chi connectivity index (χ0n) is 8.34. The van der Waals surface area contributed by atoms with Crippen LogP contribution in [-0.2, 0) is 4.74 Å². The minimum absolute atomic E-state index is 0.324. The third-order valence-corrected chi connectivity index (χ3v) is 2.99. The predicted molar refractivity (Wildman–Crippen MR) is 49.2 cm³/mol. The van der Waals surface area contributed by atoms with Crippen LogP contribution in [0.25, 0.3) is 0 Å². The second kappa shape index (κ2) is 2.71. The van der Waals surface area contributed by atoms with Crippen molar-refractivity contribution in [2.45, 2.75) is 51.4 Å². The van der Waals surface area contributed by atoms with E-state index in [4.69, 9.17) is 4.74 Å². The summed E-state index contributed by atoms with van der Waals surface area (Å²) in [4.78, 5) is 2.55. The quantitative estimate of drug-likeness (QED) is 0.546. The molecule has 0 aromatic rings. The molecule has 2 heterocycles. The van der Waals surface area contributed by atoms with E-state index in [0.29, 0.717) is 17.7 Å². The van der Waals surface area contributed by atoms with Gasteiger partial charge in [0.2, 0.25) is 0 Å². The molecule has 2 atom stereocenters. The Morgan fingerprint density at radius 3 is 2.00 bits per heavy atom. The lowest BCUT2D eigenvalue weighted by Crippen LogP contribution is -2.51. The number of ether oxygens (including phenoxy) is 1. The summed E-state index contributed by atoms with van der Waals surface area (Å²) >= 11 is 0. The van der Waals surface area contributed by atoms with E-state index in [1.165, 1.54) is 12.8 Å². The van der Waals surface area contributed by atoms with Crippen molar-refractivity contribution in [2.24, 2.45) is 0 Å². The largest absolute Gasteiger partial charge is 0.372 e. The number of nitrogens with zero attached hydrogens (tertiary/aromatic N) is 1. The highest BCUT2D eigenvalue weighted by molar-refractivity contribution is 4.90. The fraction of sp³-hybridized carbons (Fsp3) is 1.00. The molecule has 0 radical (unpaired) electrons. The van der Waals surface area contributed by atoms with Crippen LogP contribution < -0.4 is 0 Å². The molecule has 2 aliphatic rings. The SMILES string of the molecule is CC(C)(C)N1CC2CC[C@@H](C1)O2. The molecule has 70 valence electrons. The maximum Gasteiger partial charge on any atom is 0.0707 e. The molecule has 0 aromatic carbocycles. The van der Waals surface area contributed by atoms with E-state index in [1.807, 2.05) is 0 Å². The standard InChI is InChI=1S/C10H19NO/c1-10(2,3)11-6-8-4-5-9(7-11)12-8/h8-9H,4-7H2,1-3H3/t8-,9?/m0/s1. The van der Waals surface area contributed by atoms with Crippen molar-refractivity contribution in [3.63, 3.8) is 0 Å². The average Bonchev–Trinajstić information content (AvgIpc) is 2.28. The third-order valence-electron chi connectivity index (χ3n) is 2.99. The molecule has 2 saturated heterocycles. The van der Waals surface area contributed by atoms with E-state index in [-0.39, 0.29) is 0 Å². The summed E-state index contributed by atoms with van der Waals surface area (Å²) < 4.78 is 5.78. The van der Waals surface area contributed by atoms with Crippen LogP contribution in [0.1, 0.15) is 33.6 Å². The van der Waals surface area contributed by atoms with Crippen LogP contribution >= 0.6 is 0 Å². The highest BCUT2D eigenvalue weighted by Gasteiger charge is 2.37. The van der Waals surface area contributed by atoms with Gasteiger partial charge >= 0.3 is 0 Å². The Bertz CT molecular complexity index is 161. The van der Waals surface area contributed by atoms with Gasteiger partial charge in [-0.1, -0.05) is 0 Å². The van der Waals surface area contributed by atoms with E-state index in [9.17, 15) is 0 Å². The second-order valence-corrected chi connectivity index (χ2v) is 5.03. The van der Waals surface area contributed by atoms with Gasteiger partial charge in [-0.2, -0.15) is 0 Å². The number of fused-ring (bicyclic) bond motifs is 2. The lowest BCUT2D eigenvalue weighted by atomic mass is 10.0. The van der Waals surface area contributed by atoms with Crippen LogP contribution in [0.2, 0.25) is 0 Å². The van der Waals surface area contributed by atoms with Crippen molar-refractivity contribution in [1.82, 2.24) is 4.90 Å². The fourth-order valence-corrected chi connectivity index (χ4v) is 2.16. The van der Waals surface area contributed by atoms with Crippen LogP contribution in [-0.4, -0.2) is 35.7 Å². The maximum absolute atomic E-state index is 5.78. The van der Waals surface area contributed by atoms with Crippen molar-refractivity contribution in [1.29, 1.82) is 0 Å². The van der Waals surface area contributed by atoms with Crippen molar-refractivity contribution >= 4 is 0 Å². The van der Waals surface area contributed by atoms with E-state index in [1.54, 1.807) is 0 Å². The summed E-state index contributed by atoms with van der Waals surface area (Å²) in [7, 11) is 0. The molecule has 0 N–H and O–H groups in total. The molecular formula is C10H19NO. The summed E-state index contributed by atoms with van der Waals surface area (Å²) in [6, 6.07) is 0. The monoisotopic (exact) mass is 169 g/mol. The Kier molecular flexibility index (Phi) is 1.92. The second-order valence-electron chi connectivity index (χ2n) is 5.03. The summed E-state index contributed by atoms with van der Waals surface area (Å²) in [6.07, 6.45) is 3.61. The molecule has 2 heteroatoms. The Labute approximate surface area is 74.9 Å². The minimum Gasteiger partial charge on any atom is -0.372 e. The minimum atomic E-state index is 0.324. The lowest BCUT2D eigenvalue weighted by Gasteiger charge is -2.41. The first-order valence-electron chi connectivity index (χ1n) is 4.96. The predicted octanol–water partition coefficient (Wildman–Crippen LogP) is 1.65. The molecule has 0 saturated carbocycles. The van der Waals surface area contributed by atoms with Gasteiger partial charge in [0, 0.05) is 18.6 Å². The summed E-state index contributed by atoms with van der Waals surface area (Å²) in [5, 5.41) is 0. The van der Waals surface area contributed by atoms with Gasteiger partial charge in [-0.15, -0.1) is 0 Å². The number of morpholine rings is 1. The number of rotatable bonds is 0. The number of hydrogen-bond acceptors (Lipinski definition) is 2. The molecule has 1 unspecified atom stereocenters. The van der Waals surface area contributed by atoms with Crippen molar-refractivity contribution in [2.75, 3.05) is 13.1 Å². The van der Waals surface area contributed by atoms with Gasteiger partial charge in [-0.25, -0.2) is 0 Å². The van der Waals surface area contributed by atoms with Gasteiger partial charge in [-0.3, -0.25) is 4.90 Å². The maximum atomic E-state index is 5.78. The van der Waals surface area contributed by atoms with Crippen molar-refractivity contribution in [3.8, 4) is 0 Å². The molecule has 2 aliphatic heterocycles. The average molecular weight is 169 g/mol. The molecule has 2 rings (SSSR count). The Hall–Kier alpha value is -0.0800. The molecule has 2 bridgehead atoms. The number of hydrogen-bond donors (Lipinski definition) is 0. The zero-order valence-corrected chi connectivity index (χ0v) is 8.34. The molecule has 0 aliphatic carbocycles. The molecule has 2 fully saturated rings. The smallest absolute Gasteiger partial charge is 0.0707 e. The summed E-state index contributed by atoms with van der Waals surface area (Å²) in [5.41, 5.74) is 0.324. The fourth-order valence-electron chi connectivity index (χ4n) is 2.16. The zero-order chi connectivity index (χ0) is 8.77. The Morgan fingerprint density at radius 2 is 1.58 bits per heavy atom. The van der Waals surface area contributed by atoms with E-state index >= 15 is 0 Å². The van der Waals surface area contributed by atoms with Gasteiger partial charge in [-0.05, 0) is 33.6 Å². The molecule has 2 nitrogen and oxygen atoms in total. The van der Waals surface area contributed by atoms with E-state index in [0.717, 1.165) is 13.1 Å². The number of likely N-dealkylation sites (tertiary alicyclic amines) is 1. The van der Waals surface area contributed by atoms with E-state index in [2.05, 4.69) is 25.7 Å². The lowest BCUT2D eigenvalue weighted by molar-refractivity contribution is -0.0668. The summed E-state index contributed by atoms with van der Waals surface area (Å²) in [5.74, 6) is 0. The molecule has 0 amide bonds. The van der Waals surface area contributed by atoms with Crippen LogP contribution in [0.15, 0.2) is 0 Å². The van der Waals surface area contributed by atoms with Crippen LogP contribution in [0.3, 0.4) is 0 Å². The molecule has 0 aromatic heterocycles. The highest BCUT2D eigenvalue weighted by atomic mass is 16.5. The van der Waals surface area contributed by atoms with Crippen molar-refractivity contribution in [3.05, 3.63) is 0 Å². The molecular weight excluding hydrogens is 150 g/mol.